The lowest BCUT2D eigenvalue weighted by atomic mass is 10.0. The number of hydrogen-bond donors (Lipinski definition) is 3. The number of likely N-dealkylation sites (N-methyl/N-ethyl adjacent to an activating group) is 1. The molecule has 5 heterocycles. The van der Waals surface area contributed by atoms with Gasteiger partial charge < -0.3 is 29.9 Å². The van der Waals surface area contributed by atoms with E-state index in [2.05, 4.69) is 30.2 Å². The van der Waals surface area contributed by atoms with Crippen molar-refractivity contribution in [2.24, 2.45) is 11.8 Å². The topological polar surface area (TPSA) is 192 Å². The Hall–Kier alpha value is -5.80. The molecule has 6 rings (SSSR count). The van der Waals surface area contributed by atoms with Crippen molar-refractivity contribution < 1.29 is 29.0 Å². The molecule has 0 aliphatic carbocycles. The van der Waals surface area contributed by atoms with Crippen LogP contribution < -0.4 is 5.32 Å². The summed E-state index contributed by atoms with van der Waals surface area (Å²) in [5.74, 6) is 1.19. The van der Waals surface area contributed by atoms with Gasteiger partial charge in [-0.2, -0.15) is 0 Å². The first-order valence-corrected chi connectivity index (χ1v) is 18.3. The van der Waals surface area contributed by atoms with Crippen molar-refractivity contribution in [1.29, 1.82) is 0 Å². The third-order valence-corrected chi connectivity index (χ3v) is 10.3. The fourth-order valence-corrected chi connectivity index (χ4v) is 7.50. The maximum atomic E-state index is 13.7. The number of amides is 4. The quantitative estimate of drug-likeness (QED) is 0.187. The van der Waals surface area contributed by atoms with Gasteiger partial charge in [-0.05, 0) is 43.1 Å². The molecule has 3 aromatic heterocycles. The second-order valence-corrected chi connectivity index (χ2v) is 14.5. The van der Waals surface area contributed by atoms with Gasteiger partial charge in [-0.25, -0.2) is 29.5 Å². The molecule has 16 heteroatoms. The Morgan fingerprint density at radius 3 is 2.11 bits per heavy atom. The van der Waals surface area contributed by atoms with Crippen LogP contribution in [-0.2, 0) is 14.3 Å². The number of H-pyrrole nitrogens is 1. The van der Waals surface area contributed by atoms with E-state index in [4.69, 9.17) is 4.74 Å². The second kappa shape index (κ2) is 16.1. The summed E-state index contributed by atoms with van der Waals surface area (Å²) in [4.78, 5) is 77.5. The monoisotopic (exact) mass is 740 g/mol. The number of nitrogens with zero attached hydrogens (tertiary/aromatic N) is 8. The molecule has 4 aromatic rings. The van der Waals surface area contributed by atoms with Crippen LogP contribution in [0.2, 0.25) is 0 Å². The number of imidazole rings is 2. The maximum Gasteiger partial charge on any atom is 0.407 e. The minimum absolute atomic E-state index is 0.120. The number of aromatic nitrogens is 6. The molecule has 2 aliphatic rings. The number of hydrogen-bond acceptors (Lipinski definition) is 9. The van der Waals surface area contributed by atoms with Crippen LogP contribution in [0, 0.1) is 11.8 Å². The number of carbonyl (C=O) groups excluding carboxylic acids is 3. The number of alkyl carbamates (subject to hydrolysis) is 1. The van der Waals surface area contributed by atoms with Crippen LogP contribution in [-0.4, -0.2) is 113 Å². The average Bonchev–Trinajstić information content (AvgIpc) is 4.00. The molecule has 0 bridgehead atoms. The van der Waals surface area contributed by atoms with Gasteiger partial charge in [0.25, 0.3) is 0 Å². The third-order valence-electron chi connectivity index (χ3n) is 10.3. The molecule has 4 amide bonds. The van der Waals surface area contributed by atoms with Crippen molar-refractivity contribution in [3.63, 3.8) is 0 Å². The van der Waals surface area contributed by atoms with E-state index in [-0.39, 0.29) is 35.7 Å². The molecule has 0 radical (unpaired) electrons. The molecule has 3 N–H and O–H groups in total. The van der Waals surface area contributed by atoms with Gasteiger partial charge in [0, 0.05) is 38.1 Å². The van der Waals surface area contributed by atoms with Crippen molar-refractivity contribution in [3.8, 4) is 28.3 Å². The van der Waals surface area contributed by atoms with Gasteiger partial charge in [0.15, 0.2) is 5.82 Å². The summed E-state index contributed by atoms with van der Waals surface area (Å²) in [5.41, 5.74) is 3.22. The number of benzene rings is 1. The van der Waals surface area contributed by atoms with Crippen LogP contribution >= 0.6 is 0 Å². The number of carbonyl (C=O) groups is 4. The largest absolute Gasteiger partial charge is 0.465 e. The highest BCUT2D eigenvalue weighted by molar-refractivity contribution is 5.87. The van der Waals surface area contributed by atoms with Gasteiger partial charge in [-0.1, -0.05) is 52.0 Å². The van der Waals surface area contributed by atoms with Crippen LogP contribution in [0.4, 0.5) is 9.59 Å². The zero-order valence-corrected chi connectivity index (χ0v) is 31.5. The summed E-state index contributed by atoms with van der Waals surface area (Å²) >= 11 is 0. The highest BCUT2D eigenvalue weighted by Crippen LogP contribution is 2.35. The smallest absolute Gasteiger partial charge is 0.407 e. The first-order valence-electron chi connectivity index (χ1n) is 18.3. The molecule has 2 fully saturated rings. The van der Waals surface area contributed by atoms with Crippen LogP contribution in [0.15, 0.2) is 55.2 Å². The molecular formula is C38H48N10O6. The summed E-state index contributed by atoms with van der Waals surface area (Å²) < 4.78 is 6.62. The normalized spacial score (nSPS) is 18.2. The molecule has 2 aliphatic heterocycles. The molecule has 54 heavy (non-hydrogen) atoms. The standard InChI is InChI=1S/C38H48N10O6/c1-22(2)30(44-37(51)54-6)35(49)47-16-7-9-28(47)33-42-21-27(43-33)24-11-13-25(14-12-24)32-40-19-26(20-41-32)46-18-15-39-34(46)29-10-8-17-48(29)36(50)31(23(3)4)45(5)38(52)53/h11-15,18-23,28-31H,7-10,16-17H2,1-6H3,(H,42,43)(H,44,51)(H,52,53)/t28-,29-,30-,31-/m0/s1. The van der Waals surface area contributed by atoms with Gasteiger partial charge in [-0.3, -0.25) is 19.1 Å². The number of rotatable bonds is 11. The molecule has 4 atom stereocenters. The van der Waals surface area contributed by atoms with E-state index >= 15 is 0 Å². The fourth-order valence-electron chi connectivity index (χ4n) is 7.50. The second-order valence-electron chi connectivity index (χ2n) is 14.5. The first kappa shape index (κ1) is 37.9. The number of ether oxygens (including phenoxy) is 1. The average molecular weight is 741 g/mol. The number of aromatic amines is 1. The highest BCUT2D eigenvalue weighted by atomic mass is 16.5. The van der Waals surface area contributed by atoms with E-state index in [0.29, 0.717) is 42.7 Å². The summed E-state index contributed by atoms with van der Waals surface area (Å²) in [5, 5.41) is 12.3. The van der Waals surface area contributed by atoms with Gasteiger partial charge in [-0.15, -0.1) is 0 Å². The van der Waals surface area contributed by atoms with E-state index in [1.54, 1.807) is 34.6 Å². The molecule has 286 valence electrons. The van der Waals surface area contributed by atoms with Crippen LogP contribution in [0.25, 0.3) is 28.3 Å². The predicted molar refractivity (Wildman–Crippen MR) is 198 cm³/mol. The maximum absolute atomic E-state index is 13.7. The zero-order valence-electron chi connectivity index (χ0n) is 31.5. The van der Waals surface area contributed by atoms with Crippen molar-refractivity contribution in [1.82, 2.24) is 49.5 Å². The van der Waals surface area contributed by atoms with Gasteiger partial charge >= 0.3 is 12.2 Å². The highest BCUT2D eigenvalue weighted by Gasteiger charge is 2.40. The molecule has 0 spiro atoms. The van der Waals surface area contributed by atoms with E-state index in [1.165, 1.54) is 14.2 Å². The van der Waals surface area contributed by atoms with Gasteiger partial charge in [0.05, 0.1) is 49.2 Å². The van der Waals surface area contributed by atoms with Crippen LogP contribution in [0.5, 0.6) is 0 Å². The Morgan fingerprint density at radius 2 is 1.50 bits per heavy atom. The minimum Gasteiger partial charge on any atom is -0.465 e. The Bertz CT molecular complexity index is 1960. The predicted octanol–water partition coefficient (Wildman–Crippen LogP) is 5.06. The van der Waals surface area contributed by atoms with Gasteiger partial charge in [0.2, 0.25) is 11.8 Å². The number of methoxy groups -OCH3 is 1. The summed E-state index contributed by atoms with van der Waals surface area (Å²) in [6.45, 7) is 8.56. The molecular weight excluding hydrogens is 692 g/mol. The van der Waals surface area contributed by atoms with Crippen LogP contribution in [0.3, 0.4) is 0 Å². The Labute approximate surface area is 314 Å². The number of nitrogens with one attached hydrogen (secondary N) is 2. The van der Waals surface area contributed by atoms with Crippen molar-refractivity contribution in [2.75, 3.05) is 27.2 Å². The van der Waals surface area contributed by atoms with Gasteiger partial charge in [0.1, 0.15) is 23.7 Å². The Kier molecular flexibility index (Phi) is 11.3. The third kappa shape index (κ3) is 7.63. The Balaban J connectivity index is 1.14. The summed E-state index contributed by atoms with van der Waals surface area (Å²) in [6, 6.07) is 5.74. The van der Waals surface area contributed by atoms with E-state index < -0.39 is 24.3 Å². The number of likely N-dealkylation sites (tertiary alicyclic amines) is 2. The lowest BCUT2D eigenvalue weighted by molar-refractivity contribution is -0.138. The van der Waals surface area contributed by atoms with Crippen LogP contribution in [0.1, 0.15) is 77.1 Å². The van der Waals surface area contributed by atoms with Crippen molar-refractivity contribution in [3.05, 3.63) is 66.9 Å². The zero-order chi connectivity index (χ0) is 38.7. The SMILES string of the molecule is COC(=O)N[C@H](C(=O)N1CCC[C@H]1c1ncc(-c2ccc(-c3ncc(-n4ccnc4[C@@H]4CCCN4C(=O)[C@H](C(C)C)N(C)C(=O)O)cn3)cc2)[nH]1)C(C)C. The number of carboxylic acid groups (broad SMARTS) is 1. The molecule has 2 saturated heterocycles. The minimum atomic E-state index is -1.14. The van der Waals surface area contributed by atoms with E-state index in [9.17, 15) is 24.3 Å². The van der Waals surface area contributed by atoms with Crippen molar-refractivity contribution >= 4 is 24.0 Å². The lowest BCUT2D eigenvalue weighted by Crippen LogP contribution is -2.51. The molecule has 0 unspecified atom stereocenters. The van der Waals surface area contributed by atoms with E-state index in [1.807, 2.05) is 62.7 Å². The van der Waals surface area contributed by atoms with E-state index in [0.717, 1.165) is 41.0 Å². The Morgan fingerprint density at radius 1 is 0.870 bits per heavy atom. The molecule has 0 saturated carbocycles. The lowest BCUT2D eigenvalue weighted by Gasteiger charge is -2.34. The molecule has 16 nitrogen and oxygen atoms in total. The van der Waals surface area contributed by atoms with Crippen molar-refractivity contribution in [2.45, 2.75) is 77.5 Å². The molecule has 1 aromatic carbocycles. The summed E-state index contributed by atoms with van der Waals surface area (Å²) in [7, 11) is 2.71. The summed E-state index contributed by atoms with van der Waals surface area (Å²) in [6.07, 6.45) is 9.99. The fraction of sp³-hybridized carbons (Fsp3) is 0.474. The first-order chi connectivity index (χ1) is 25.9.